The smallest absolute Gasteiger partial charge is 0.313 e. The first-order valence-corrected chi connectivity index (χ1v) is 15.5. The van der Waals surface area contributed by atoms with Gasteiger partial charge in [0.15, 0.2) is 23.1 Å². The number of halogens is 1. The van der Waals surface area contributed by atoms with Crippen LogP contribution in [0.2, 0.25) is 0 Å². The van der Waals surface area contributed by atoms with Crippen LogP contribution in [0.5, 0.6) is 23.0 Å². The molecule has 2 heterocycles. The second-order valence-corrected chi connectivity index (χ2v) is 11.2. The van der Waals surface area contributed by atoms with Crippen molar-refractivity contribution in [1.29, 1.82) is 0 Å². The summed E-state index contributed by atoms with van der Waals surface area (Å²) in [6.45, 7) is 6.43. The number of hydrogen-bond acceptors (Lipinski definition) is 9. The standard InChI is InChI=1S/C35H43FN4O7/c1-22(43-3)16-25(17-23(2)44-4)10-14-39-34(41)35(42)40-26-6-7-31(28(36)18-26)47-30-11-15-38-29-20-33(32(45-5)19-27(29)30)46-21-24-8-12-37-13-9-24/h6-7,11,15-20,22,24,37H,8-10,12-14,21H2,1-5H3,(H,39,41)(H,40,42)/b23-17+,25-16-. The van der Waals surface area contributed by atoms with Crippen molar-refractivity contribution in [3.05, 3.63) is 71.9 Å². The number of amides is 2. The second kappa shape index (κ2) is 17.3. The van der Waals surface area contributed by atoms with Gasteiger partial charge in [-0.2, -0.15) is 0 Å². The highest BCUT2D eigenvalue weighted by atomic mass is 19.1. The number of carbonyl (C=O) groups is 2. The number of benzene rings is 2. The first-order chi connectivity index (χ1) is 22.7. The van der Waals surface area contributed by atoms with Crippen LogP contribution in [0.1, 0.15) is 33.1 Å². The average molecular weight is 651 g/mol. The van der Waals surface area contributed by atoms with Crippen LogP contribution in [0.25, 0.3) is 10.9 Å². The molecule has 2 aromatic carbocycles. The molecule has 1 atom stereocenters. The summed E-state index contributed by atoms with van der Waals surface area (Å²) in [4.78, 5) is 29.4. The maximum absolute atomic E-state index is 15.2. The monoisotopic (exact) mass is 650 g/mol. The number of pyridine rings is 1. The van der Waals surface area contributed by atoms with E-state index >= 15 is 4.39 Å². The summed E-state index contributed by atoms with van der Waals surface area (Å²) in [6, 6.07) is 9.08. The van der Waals surface area contributed by atoms with E-state index in [9.17, 15) is 9.59 Å². The van der Waals surface area contributed by atoms with Gasteiger partial charge in [0.2, 0.25) is 0 Å². The number of nitrogens with one attached hydrogen (secondary N) is 3. The fraction of sp³-hybridized carbons (Fsp3) is 0.400. The highest BCUT2D eigenvalue weighted by Gasteiger charge is 2.18. The summed E-state index contributed by atoms with van der Waals surface area (Å²) in [5.74, 6) is 0.0151. The number of carbonyl (C=O) groups excluding carboxylic acids is 2. The van der Waals surface area contributed by atoms with Crippen LogP contribution in [0.4, 0.5) is 10.1 Å². The molecule has 0 aliphatic carbocycles. The van der Waals surface area contributed by atoms with Crippen molar-refractivity contribution < 1.29 is 37.7 Å². The normalized spacial score (nSPS) is 14.8. The summed E-state index contributed by atoms with van der Waals surface area (Å²) < 4.78 is 43.3. The first-order valence-electron chi connectivity index (χ1n) is 15.5. The Hall–Kier alpha value is -4.68. The molecule has 1 aliphatic heterocycles. The number of methoxy groups -OCH3 is 3. The Kier molecular flexibility index (Phi) is 12.9. The van der Waals surface area contributed by atoms with Gasteiger partial charge in [-0.05, 0) is 88.0 Å². The number of anilines is 1. The van der Waals surface area contributed by atoms with Crippen LogP contribution in [-0.2, 0) is 19.1 Å². The van der Waals surface area contributed by atoms with Crippen LogP contribution >= 0.6 is 0 Å². The number of piperidine rings is 1. The zero-order chi connectivity index (χ0) is 33.8. The van der Waals surface area contributed by atoms with Crippen molar-refractivity contribution in [3.8, 4) is 23.0 Å². The van der Waals surface area contributed by atoms with Gasteiger partial charge in [-0.3, -0.25) is 14.6 Å². The van der Waals surface area contributed by atoms with Gasteiger partial charge in [0.05, 0.1) is 38.2 Å². The number of aromatic nitrogens is 1. The van der Waals surface area contributed by atoms with Crippen LogP contribution in [0.15, 0.2) is 66.1 Å². The van der Waals surface area contributed by atoms with Crippen LogP contribution in [-0.4, -0.2) is 70.5 Å². The molecule has 0 radical (unpaired) electrons. The Morgan fingerprint density at radius 3 is 2.53 bits per heavy atom. The minimum absolute atomic E-state index is 0.0748. The Morgan fingerprint density at radius 1 is 1.04 bits per heavy atom. The van der Waals surface area contributed by atoms with E-state index in [0.717, 1.165) is 37.6 Å². The Morgan fingerprint density at radius 2 is 1.83 bits per heavy atom. The number of allylic oxidation sites excluding steroid dienone is 2. The van der Waals surface area contributed by atoms with Crippen molar-refractivity contribution in [3.63, 3.8) is 0 Å². The number of ether oxygens (including phenoxy) is 5. The number of rotatable bonds is 14. The van der Waals surface area contributed by atoms with Crippen molar-refractivity contribution in [2.75, 3.05) is 52.9 Å². The van der Waals surface area contributed by atoms with Crippen LogP contribution in [0, 0.1) is 11.7 Å². The van der Waals surface area contributed by atoms with E-state index in [0.29, 0.717) is 52.9 Å². The summed E-state index contributed by atoms with van der Waals surface area (Å²) in [5.41, 5.74) is 1.57. The second-order valence-electron chi connectivity index (χ2n) is 11.2. The highest BCUT2D eigenvalue weighted by molar-refractivity contribution is 6.39. The maximum Gasteiger partial charge on any atom is 0.313 e. The predicted octanol–water partition coefficient (Wildman–Crippen LogP) is 5.51. The molecule has 4 rings (SSSR count). The van der Waals surface area contributed by atoms with E-state index in [1.54, 1.807) is 45.7 Å². The topological polar surface area (TPSA) is 129 Å². The Balaban J connectivity index is 1.38. The molecule has 12 heteroatoms. The molecule has 3 aromatic rings. The summed E-state index contributed by atoms with van der Waals surface area (Å²) in [5, 5.41) is 8.96. The van der Waals surface area contributed by atoms with Gasteiger partial charge < -0.3 is 39.6 Å². The van der Waals surface area contributed by atoms with Crippen molar-refractivity contribution >= 4 is 28.4 Å². The number of nitrogens with zero attached hydrogens (tertiary/aromatic N) is 1. The van der Waals surface area contributed by atoms with Crippen molar-refractivity contribution in [1.82, 2.24) is 15.6 Å². The van der Waals surface area contributed by atoms with E-state index in [-0.39, 0.29) is 24.1 Å². The van der Waals surface area contributed by atoms with E-state index in [4.69, 9.17) is 23.7 Å². The molecular weight excluding hydrogens is 607 g/mol. The predicted molar refractivity (Wildman–Crippen MR) is 177 cm³/mol. The lowest BCUT2D eigenvalue weighted by atomic mass is 9.99. The Labute approximate surface area is 274 Å². The summed E-state index contributed by atoms with van der Waals surface area (Å²) in [6.07, 6.45) is 7.70. The zero-order valence-corrected chi connectivity index (χ0v) is 27.5. The van der Waals surface area contributed by atoms with Crippen LogP contribution in [0.3, 0.4) is 0 Å². The molecule has 0 spiro atoms. The third kappa shape index (κ3) is 10.2. The minimum Gasteiger partial charge on any atom is -0.501 e. The lowest BCUT2D eigenvalue weighted by Crippen LogP contribution is -2.36. The van der Waals surface area contributed by atoms with Gasteiger partial charge in [0.1, 0.15) is 5.75 Å². The first kappa shape index (κ1) is 35.2. The molecule has 2 amide bonds. The molecule has 0 saturated carbocycles. The van der Waals surface area contributed by atoms with Gasteiger partial charge in [-0.15, -0.1) is 0 Å². The third-order valence-corrected chi connectivity index (χ3v) is 7.77. The number of hydrogen-bond donors (Lipinski definition) is 3. The molecule has 1 fully saturated rings. The van der Waals surface area contributed by atoms with Gasteiger partial charge in [0.25, 0.3) is 0 Å². The lowest BCUT2D eigenvalue weighted by molar-refractivity contribution is -0.136. The molecule has 11 nitrogen and oxygen atoms in total. The molecule has 47 heavy (non-hydrogen) atoms. The zero-order valence-electron chi connectivity index (χ0n) is 27.5. The molecule has 252 valence electrons. The quantitative estimate of drug-likeness (QED) is 0.118. The fourth-order valence-electron chi connectivity index (χ4n) is 5.01. The van der Waals surface area contributed by atoms with Gasteiger partial charge >= 0.3 is 11.8 Å². The molecule has 3 N–H and O–H groups in total. The van der Waals surface area contributed by atoms with Gasteiger partial charge in [-0.1, -0.05) is 6.08 Å². The highest BCUT2D eigenvalue weighted by Crippen LogP contribution is 2.38. The van der Waals surface area contributed by atoms with E-state index in [1.807, 2.05) is 26.0 Å². The van der Waals surface area contributed by atoms with Gasteiger partial charge in [-0.25, -0.2) is 4.39 Å². The summed E-state index contributed by atoms with van der Waals surface area (Å²) in [7, 11) is 4.72. The van der Waals surface area contributed by atoms with Crippen molar-refractivity contribution in [2.24, 2.45) is 5.92 Å². The molecule has 1 aromatic heterocycles. The van der Waals surface area contributed by atoms with Crippen LogP contribution < -0.4 is 30.2 Å². The minimum atomic E-state index is -0.928. The number of fused-ring (bicyclic) bond motifs is 1. The molecule has 1 saturated heterocycles. The molecule has 0 bridgehead atoms. The maximum atomic E-state index is 15.2. The van der Waals surface area contributed by atoms with Gasteiger partial charge in [0, 0.05) is 43.1 Å². The molecular formula is C35H43FN4O7. The largest absolute Gasteiger partial charge is 0.501 e. The Bertz CT molecular complexity index is 1600. The van der Waals surface area contributed by atoms with Crippen molar-refractivity contribution in [2.45, 2.75) is 39.2 Å². The van der Waals surface area contributed by atoms with E-state index < -0.39 is 17.6 Å². The van der Waals surface area contributed by atoms with E-state index in [2.05, 4.69) is 20.9 Å². The summed E-state index contributed by atoms with van der Waals surface area (Å²) >= 11 is 0. The fourth-order valence-corrected chi connectivity index (χ4v) is 5.01. The molecule has 1 aliphatic rings. The SMILES string of the molecule is CO/C(C)=C/C(=C\C(C)OC)CCNC(=O)C(=O)Nc1ccc(Oc2ccnc3cc(OCC4CCNCC4)c(OC)cc23)c(F)c1. The molecule has 1 unspecified atom stereocenters. The average Bonchev–Trinajstić information content (AvgIpc) is 3.08. The third-order valence-electron chi connectivity index (χ3n) is 7.77. The van der Waals surface area contributed by atoms with E-state index in [1.165, 1.54) is 12.1 Å². The lowest BCUT2D eigenvalue weighted by Gasteiger charge is -2.23.